The number of aliphatic hydroxyl groups is 1. The normalized spacial score (nSPS) is 16.8. The Kier molecular flexibility index (Phi) is 2.70. The number of anilines is 1. The third-order valence-electron chi connectivity index (χ3n) is 2.61. The van der Waals surface area contributed by atoms with Gasteiger partial charge in [-0.25, -0.2) is 0 Å². The predicted molar refractivity (Wildman–Crippen MR) is 57.4 cm³/mol. The lowest BCUT2D eigenvalue weighted by Crippen LogP contribution is -2.20. The van der Waals surface area contributed by atoms with Crippen LogP contribution >= 0.6 is 0 Å². The van der Waals surface area contributed by atoms with Crippen LogP contribution < -0.4 is 10.6 Å². The van der Waals surface area contributed by atoms with Gasteiger partial charge in [0.2, 0.25) is 5.91 Å². The van der Waals surface area contributed by atoms with Gasteiger partial charge < -0.3 is 10.4 Å². The second kappa shape index (κ2) is 4.00. The number of benzene rings is 1. The minimum Gasteiger partial charge on any atom is -0.374 e. The molecule has 1 aliphatic heterocycles. The minimum atomic E-state index is -0.645. The summed E-state index contributed by atoms with van der Waals surface area (Å²) in [4.78, 5) is 11.1. The number of hydrogen-bond acceptors (Lipinski definition) is 3. The Balaban J connectivity index is 2.30. The fourth-order valence-corrected chi connectivity index (χ4v) is 1.74. The molecule has 0 spiro atoms. The molecule has 4 heteroatoms. The van der Waals surface area contributed by atoms with Crippen molar-refractivity contribution in [2.75, 3.05) is 12.4 Å². The zero-order valence-electron chi connectivity index (χ0n) is 8.58. The Morgan fingerprint density at radius 1 is 1.47 bits per heavy atom. The molecule has 0 aliphatic carbocycles. The second-order valence-electron chi connectivity index (χ2n) is 3.66. The molecule has 1 atom stereocenters. The van der Waals surface area contributed by atoms with E-state index in [0.717, 1.165) is 23.2 Å². The first-order valence-corrected chi connectivity index (χ1v) is 4.98. The van der Waals surface area contributed by atoms with Crippen LogP contribution in [0.2, 0.25) is 0 Å². The standard InChI is InChI=1S/C11H14N2O2/c1-12-11(15)8-2-4-9-7(6-8)3-5-10(14)13-9/h2,4,6,11-12,15H,3,5H2,1H3,(H,13,14). The first-order valence-electron chi connectivity index (χ1n) is 4.98. The van der Waals surface area contributed by atoms with Crippen molar-refractivity contribution in [2.24, 2.45) is 0 Å². The Morgan fingerprint density at radius 3 is 3.00 bits per heavy atom. The van der Waals surface area contributed by atoms with E-state index in [2.05, 4.69) is 10.6 Å². The zero-order chi connectivity index (χ0) is 10.8. The molecule has 0 saturated carbocycles. The predicted octanol–water partition coefficient (Wildman–Crippen LogP) is 0.782. The third kappa shape index (κ3) is 2.00. The van der Waals surface area contributed by atoms with Crippen LogP contribution in [0.25, 0.3) is 0 Å². The number of rotatable bonds is 2. The molecule has 2 rings (SSSR count). The number of aryl methyl sites for hydroxylation is 1. The van der Waals surface area contributed by atoms with Gasteiger partial charge in [0, 0.05) is 12.1 Å². The van der Waals surface area contributed by atoms with Crippen LogP contribution in [0, 0.1) is 0 Å². The summed E-state index contributed by atoms with van der Waals surface area (Å²) >= 11 is 0. The molecule has 0 fully saturated rings. The molecule has 1 heterocycles. The lowest BCUT2D eigenvalue weighted by molar-refractivity contribution is -0.116. The van der Waals surface area contributed by atoms with Crippen molar-refractivity contribution < 1.29 is 9.90 Å². The summed E-state index contributed by atoms with van der Waals surface area (Å²) in [6, 6.07) is 5.57. The summed E-state index contributed by atoms with van der Waals surface area (Å²) < 4.78 is 0. The number of fused-ring (bicyclic) bond motifs is 1. The van der Waals surface area contributed by atoms with E-state index in [1.165, 1.54) is 0 Å². The maximum atomic E-state index is 11.1. The van der Waals surface area contributed by atoms with Gasteiger partial charge in [-0.05, 0) is 36.7 Å². The van der Waals surface area contributed by atoms with Crippen molar-refractivity contribution in [3.63, 3.8) is 0 Å². The molecular weight excluding hydrogens is 192 g/mol. The van der Waals surface area contributed by atoms with E-state index < -0.39 is 6.23 Å². The summed E-state index contributed by atoms with van der Waals surface area (Å²) in [6.07, 6.45) is 0.616. The summed E-state index contributed by atoms with van der Waals surface area (Å²) in [6.45, 7) is 0. The lowest BCUT2D eigenvalue weighted by atomic mass is 10.00. The molecule has 0 bridgehead atoms. The summed E-state index contributed by atoms with van der Waals surface area (Å²) in [7, 11) is 1.70. The van der Waals surface area contributed by atoms with Crippen LogP contribution in [-0.2, 0) is 11.2 Å². The van der Waals surface area contributed by atoms with Crippen LogP contribution in [-0.4, -0.2) is 18.1 Å². The summed E-state index contributed by atoms with van der Waals surface area (Å²) in [5.41, 5.74) is 2.77. The molecule has 1 aromatic carbocycles. The average molecular weight is 206 g/mol. The summed E-state index contributed by atoms with van der Waals surface area (Å²) in [5.74, 6) is 0.0596. The Hall–Kier alpha value is -1.39. The third-order valence-corrected chi connectivity index (χ3v) is 2.61. The average Bonchev–Trinajstić information content (AvgIpc) is 2.27. The smallest absolute Gasteiger partial charge is 0.224 e. The van der Waals surface area contributed by atoms with Gasteiger partial charge in [0.05, 0.1) is 0 Å². The van der Waals surface area contributed by atoms with E-state index in [0.29, 0.717) is 6.42 Å². The highest BCUT2D eigenvalue weighted by Gasteiger charge is 2.16. The maximum Gasteiger partial charge on any atom is 0.224 e. The molecule has 0 saturated heterocycles. The summed E-state index contributed by atoms with van der Waals surface area (Å²) in [5, 5.41) is 15.2. The molecule has 0 radical (unpaired) electrons. The van der Waals surface area contributed by atoms with Gasteiger partial charge in [-0.15, -0.1) is 0 Å². The highest BCUT2D eigenvalue weighted by molar-refractivity contribution is 5.93. The molecule has 3 N–H and O–H groups in total. The van der Waals surface area contributed by atoms with Gasteiger partial charge in [0.25, 0.3) is 0 Å². The van der Waals surface area contributed by atoms with Crippen LogP contribution in [0.15, 0.2) is 18.2 Å². The first kappa shape index (κ1) is 10.1. The van der Waals surface area contributed by atoms with Gasteiger partial charge in [-0.2, -0.15) is 0 Å². The fourth-order valence-electron chi connectivity index (χ4n) is 1.74. The highest BCUT2D eigenvalue weighted by Crippen LogP contribution is 2.25. The minimum absolute atomic E-state index is 0.0596. The molecule has 1 aliphatic rings. The van der Waals surface area contributed by atoms with Crippen LogP contribution in [0.5, 0.6) is 0 Å². The molecule has 4 nitrogen and oxygen atoms in total. The molecular formula is C11H14N2O2. The number of carbonyl (C=O) groups excluding carboxylic acids is 1. The van der Waals surface area contributed by atoms with E-state index in [1.807, 2.05) is 18.2 Å². The van der Waals surface area contributed by atoms with E-state index >= 15 is 0 Å². The van der Waals surface area contributed by atoms with Crippen molar-refractivity contribution in [2.45, 2.75) is 19.1 Å². The van der Waals surface area contributed by atoms with Gasteiger partial charge in [-0.1, -0.05) is 6.07 Å². The van der Waals surface area contributed by atoms with Crippen molar-refractivity contribution in [3.05, 3.63) is 29.3 Å². The molecule has 1 aromatic rings. The Labute approximate surface area is 88.3 Å². The number of nitrogens with one attached hydrogen (secondary N) is 2. The van der Waals surface area contributed by atoms with Crippen molar-refractivity contribution >= 4 is 11.6 Å². The topological polar surface area (TPSA) is 61.4 Å². The zero-order valence-corrected chi connectivity index (χ0v) is 8.58. The Morgan fingerprint density at radius 2 is 2.27 bits per heavy atom. The lowest BCUT2D eigenvalue weighted by Gasteiger charge is -2.19. The molecule has 1 amide bonds. The van der Waals surface area contributed by atoms with E-state index in [1.54, 1.807) is 7.05 Å². The van der Waals surface area contributed by atoms with Gasteiger partial charge in [0.15, 0.2) is 0 Å². The number of carbonyl (C=O) groups is 1. The van der Waals surface area contributed by atoms with Crippen LogP contribution in [0.4, 0.5) is 5.69 Å². The van der Waals surface area contributed by atoms with Crippen molar-refractivity contribution in [1.82, 2.24) is 5.32 Å². The van der Waals surface area contributed by atoms with Gasteiger partial charge in [0.1, 0.15) is 6.23 Å². The fraction of sp³-hybridized carbons (Fsp3) is 0.364. The molecule has 1 unspecified atom stereocenters. The SMILES string of the molecule is CNC(O)c1ccc2c(c1)CCC(=O)N2. The largest absolute Gasteiger partial charge is 0.374 e. The van der Waals surface area contributed by atoms with Crippen molar-refractivity contribution in [3.8, 4) is 0 Å². The second-order valence-corrected chi connectivity index (χ2v) is 3.66. The van der Waals surface area contributed by atoms with Crippen LogP contribution in [0.3, 0.4) is 0 Å². The number of amides is 1. The van der Waals surface area contributed by atoms with Crippen molar-refractivity contribution in [1.29, 1.82) is 0 Å². The number of hydrogen-bond donors (Lipinski definition) is 3. The van der Waals surface area contributed by atoms with E-state index in [4.69, 9.17) is 0 Å². The highest BCUT2D eigenvalue weighted by atomic mass is 16.3. The molecule has 15 heavy (non-hydrogen) atoms. The molecule has 80 valence electrons. The number of aliphatic hydroxyl groups excluding tert-OH is 1. The molecule has 0 aromatic heterocycles. The first-order chi connectivity index (χ1) is 7.20. The quantitative estimate of drug-likeness (QED) is 0.627. The van der Waals surface area contributed by atoms with Gasteiger partial charge >= 0.3 is 0 Å². The Bertz CT molecular complexity index is 390. The van der Waals surface area contributed by atoms with E-state index in [-0.39, 0.29) is 5.91 Å². The maximum absolute atomic E-state index is 11.1. The van der Waals surface area contributed by atoms with E-state index in [9.17, 15) is 9.90 Å². The van der Waals surface area contributed by atoms with Crippen LogP contribution in [0.1, 0.15) is 23.8 Å². The van der Waals surface area contributed by atoms with Gasteiger partial charge in [-0.3, -0.25) is 10.1 Å². The monoisotopic (exact) mass is 206 g/mol.